The van der Waals surface area contributed by atoms with Gasteiger partial charge in [0.25, 0.3) is 0 Å². The first-order valence-corrected chi connectivity index (χ1v) is 11.5. The van der Waals surface area contributed by atoms with E-state index in [2.05, 4.69) is 56.1 Å². The highest BCUT2D eigenvalue weighted by Crippen LogP contribution is 2.35. The van der Waals surface area contributed by atoms with Crippen molar-refractivity contribution < 1.29 is 4.79 Å². The normalized spacial score (nSPS) is 16.6. The average Bonchev–Trinajstić information content (AvgIpc) is 3.33. The maximum atomic E-state index is 13.1. The van der Waals surface area contributed by atoms with E-state index < -0.39 is 0 Å². The Kier molecular flexibility index (Phi) is 5.47. The van der Waals surface area contributed by atoms with Crippen LogP contribution in [0.25, 0.3) is 11.0 Å². The zero-order valence-electron chi connectivity index (χ0n) is 18.0. The van der Waals surface area contributed by atoms with E-state index >= 15 is 0 Å². The summed E-state index contributed by atoms with van der Waals surface area (Å²) in [6.07, 6.45) is 5.13. The number of amides is 1. The van der Waals surface area contributed by atoms with E-state index in [0.717, 1.165) is 42.5 Å². The molecule has 0 N–H and O–H groups in total. The molecule has 1 amide bonds. The summed E-state index contributed by atoms with van der Waals surface area (Å²) in [5.41, 5.74) is 5.70. The standard InChI is InChI=1S/C23H30N4OS/c1-6-20-18-10-12-29-21(18)9-11-26(20)22(28)8-7-17-15(4)19-13-24-27(14(2)3)23(19)25-16(17)5/h10,12-14,20H,6-9,11H2,1-5H3. The fourth-order valence-corrected chi connectivity index (χ4v) is 5.58. The minimum atomic E-state index is 0.226. The van der Waals surface area contributed by atoms with E-state index in [4.69, 9.17) is 4.98 Å². The predicted octanol–water partition coefficient (Wildman–Crippen LogP) is 5.16. The molecular formula is C23H30N4OS. The number of aryl methyl sites for hydroxylation is 2. The van der Waals surface area contributed by atoms with Crippen molar-refractivity contribution in [2.45, 2.75) is 72.4 Å². The van der Waals surface area contributed by atoms with Crippen LogP contribution in [0, 0.1) is 13.8 Å². The maximum Gasteiger partial charge on any atom is 0.223 e. The molecule has 0 aromatic carbocycles. The third-order valence-electron chi connectivity index (χ3n) is 6.22. The molecule has 1 unspecified atom stereocenters. The number of nitrogens with zero attached hydrogens (tertiary/aromatic N) is 4. The molecule has 0 spiro atoms. The van der Waals surface area contributed by atoms with Crippen LogP contribution in [0.4, 0.5) is 0 Å². The van der Waals surface area contributed by atoms with Crippen LogP contribution in [0.1, 0.15) is 73.0 Å². The van der Waals surface area contributed by atoms with Gasteiger partial charge in [-0.1, -0.05) is 6.92 Å². The van der Waals surface area contributed by atoms with Crippen molar-refractivity contribution in [3.05, 3.63) is 44.9 Å². The zero-order valence-corrected chi connectivity index (χ0v) is 18.8. The lowest BCUT2D eigenvalue weighted by molar-refractivity contribution is -0.134. The molecule has 1 atom stereocenters. The first-order chi connectivity index (χ1) is 13.9. The molecule has 6 heteroatoms. The van der Waals surface area contributed by atoms with Gasteiger partial charge in [-0.25, -0.2) is 9.67 Å². The summed E-state index contributed by atoms with van der Waals surface area (Å²) >= 11 is 1.82. The van der Waals surface area contributed by atoms with Gasteiger partial charge in [-0.3, -0.25) is 4.79 Å². The van der Waals surface area contributed by atoms with Crippen LogP contribution in [0.3, 0.4) is 0 Å². The Bertz CT molecular complexity index is 1050. The summed E-state index contributed by atoms with van der Waals surface area (Å²) in [5, 5.41) is 7.78. The summed E-state index contributed by atoms with van der Waals surface area (Å²) < 4.78 is 1.97. The molecule has 0 fully saturated rings. The highest BCUT2D eigenvalue weighted by atomic mass is 32.1. The Morgan fingerprint density at radius 1 is 1.34 bits per heavy atom. The lowest BCUT2D eigenvalue weighted by atomic mass is 9.96. The highest BCUT2D eigenvalue weighted by Gasteiger charge is 2.30. The average molecular weight is 411 g/mol. The van der Waals surface area contributed by atoms with E-state index in [1.165, 1.54) is 21.6 Å². The molecule has 1 aliphatic rings. The first-order valence-electron chi connectivity index (χ1n) is 10.6. The van der Waals surface area contributed by atoms with E-state index in [0.29, 0.717) is 6.42 Å². The number of carbonyl (C=O) groups is 1. The van der Waals surface area contributed by atoms with Gasteiger partial charge < -0.3 is 4.90 Å². The Hall–Kier alpha value is -2.21. The highest BCUT2D eigenvalue weighted by molar-refractivity contribution is 7.10. The molecule has 3 aromatic rings. The van der Waals surface area contributed by atoms with Crippen molar-refractivity contribution >= 4 is 28.3 Å². The van der Waals surface area contributed by atoms with Gasteiger partial charge >= 0.3 is 0 Å². The maximum absolute atomic E-state index is 13.1. The van der Waals surface area contributed by atoms with E-state index in [1.807, 2.05) is 22.2 Å². The number of aromatic nitrogens is 3. The van der Waals surface area contributed by atoms with Gasteiger partial charge in [0.1, 0.15) is 0 Å². The molecule has 1 aliphatic heterocycles. The van der Waals surface area contributed by atoms with Crippen LogP contribution >= 0.6 is 11.3 Å². The SMILES string of the molecule is CCC1c2ccsc2CCN1C(=O)CCc1c(C)nc2c(cnn2C(C)C)c1C. The quantitative estimate of drug-likeness (QED) is 0.584. The molecule has 29 heavy (non-hydrogen) atoms. The van der Waals surface area contributed by atoms with Crippen LogP contribution in [0.5, 0.6) is 0 Å². The third kappa shape index (κ3) is 3.48. The lowest BCUT2D eigenvalue weighted by Crippen LogP contribution is -2.39. The molecular weight excluding hydrogens is 380 g/mol. The number of pyridine rings is 1. The predicted molar refractivity (Wildman–Crippen MR) is 118 cm³/mol. The molecule has 0 saturated heterocycles. The van der Waals surface area contributed by atoms with Crippen LogP contribution in [-0.4, -0.2) is 32.1 Å². The van der Waals surface area contributed by atoms with Crippen molar-refractivity contribution in [3.8, 4) is 0 Å². The van der Waals surface area contributed by atoms with Crippen molar-refractivity contribution in [2.75, 3.05) is 6.54 Å². The summed E-state index contributed by atoms with van der Waals surface area (Å²) in [6, 6.07) is 2.70. The number of fused-ring (bicyclic) bond motifs is 2. The van der Waals surface area contributed by atoms with Gasteiger partial charge in [-0.15, -0.1) is 11.3 Å². The topological polar surface area (TPSA) is 51.0 Å². The van der Waals surface area contributed by atoms with Crippen LogP contribution in [0.15, 0.2) is 17.6 Å². The molecule has 4 rings (SSSR count). The molecule has 154 valence electrons. The van der Waals surface area contributed by atoms with Crippen LogP contribution < -0.4 is 0 Å². The summed E-state index contributed by atoms with van der Waals surface area (Å²) in [7, 11) is 0. The van der Waals surface area contributed by atoms with Gasteiger partial charge in [0.15, 0.2) is 5.65 Å². The number of thiophene rings is 1. The summed E-state index contributed by atoms with van der Waals surface area (Å²) in [5.74, 6) is 0.255. The molecule has 0 saturated carbocycles. The Morgan fingerprint density at radius 2 is 2.14 bits per heavy atom. The summed E-state index contributed by atoms with van der Waals surface area (Å²) in [6.45, 7) is 11.4. The Morgan fingerprint density at radius 3 is 2.86 bits per heavy atom. The van der Waals surface area contributed by atoms with Gasteiger partial charge in [0, 0.05) is 35.0 Å². The Labute approximate surface area is 176 Å². The van der Waals surface area contributed by atoms with E-state index in [9.17, 15) is 4.79 Å². The fourth-order valence-electron chi connectivity index (χ4n) is 4.65. The minimum Gasteiger partial charge on any atom is -0.335 e. The third-order valence-corrected chi connectivity index (χ3v) is 7.21. The van der Waals surface area contributed by atoms with Crippen molar-refractivity contribution in [3.63, 3.8) is 0 Å². The first kappa shape index (κ1) is 20.1. The lowest BCUT2D eigenvalue weighted by Gasteiger charge is -2.35. The van der Waals surface area contributed by atoms with Crippen LogP contribution in [-0.2, 0) is 17.6 Å². The van der Waals surface area contributed by atoms with Crippen LogP contribution in [0.2, 0.25) is 0 Å². The van der Waals surface area contributed by atoms with Gasteiger partial charge in [-0.2, -0.15) is 5.10 Å². The van der Waals surface area contributed by atoms with Gasteiger partial charge in [0.05, 0.1) is 12.2 Å². The second-order valence-electron chi connectivity index (χ2n) is 8.28. The molecule has 0 bridgehead atoms. The second kappa shape index (κ2) is 7.90. The zero-order chi connectivity index (χ0) is 20.7. The van der Waals surface area contributed by atoms with Gasteiger partial charge in [0.2, 0.25) is 5.91 Å². The Balaban J connectivity index is 1.55. The minimum absolute atomic E-state index is 0.226. The molecule has 0 radical (unpaired) electrons. The van der Waals surface area contributed by atoms with E-state index in [-0.39, 0.29) is 18.0 Å². The smallest absolute Gasteiger partial charge is 0.223 e. The van der Waals surface area contributed by atoms with Crippen molar-refractivity contribution in [1.82, 2.24) is 19.7 Å². The van der Waals surface area contributed by atoms with E-state index in [1.54, 1.807) is 0 Å². The number of hydrogen-bond donors (Lipinski definition) is 0. The van der Waals surface area contributed by atoms with Crippen molar-refractivity contribution in [2.24, 2.45) is 0 Å². The molecule has 0 aliphatic carbocycles. The second-order valence-corrected chi connectivity index (χ2v) is 9.28. The largest absolute Gasteiger partial charge is 0.335 e. The van der Waals surface area contributed by atoms with Crippen molar-refractivity contribution in [1.29, 1.82) is 0 Å². The fraction of sp³-hybridized carbons (Fsp3) is 0.522. The molecule has 3 aromatic heterocycles. The monoisotopic (exact) mass is 410 g/mol. The van der Waals surface area contributed by atoms with Gasteiger partial charge in [-0.05, 0) is 75.1 Å². The number of rotatable bonds is 5. The molecule has 5 nitrogen and oxygen atoms in total. The molecule has 4 heterocycles. The number of hydrogen-bond acceptors (Lipinski definition) is 4. The number of carbonyl (C=O) groups excluding carboxylic acids is 1. The summed E-state index contributed by atoms with van der Waals surface area (Å²) in [4.78, 5) is 21.5.